The van der Waals surface area contributed by atoms with Crippen molar-refractivity contribution < 1.29 is 0 Å². The molecule has 1 unspecified atom stereocenters. The summed E-state index contributed by atoms with van der Waals surface area (Å²) in [4.78, 5) is 0. The van der Waals surface area contributed by atoms with Crippen LogP contribution >= 0.6 is 0 Å². The van der Waals surface area contributed by atoms with Crippen LogP contribution in [0.25, 0.3) is 60.2 Å². The van der Waals surface area contributed by atoms with E-state index in [-0.39, 0.29) is 6.04 Å². The maximum atomic E-state index is 7.56. The van der Waals surface area contributed by atoms with E-state index in [1.165, 1.54) is 39.5 Å². The van der Waals surface area contributed by atoms with Gasteiger partial charge in [-0.05, 0) is 130 Å². The van der Waals surface area contributed by atoms with Crippen LogP contribution in [-0.2, 0) is 0 Å². The first-order valence-electron chi connectivity index (χ1n) is 21.0. The van der Waals surface area contributed by atoms with Crippen LogP contribution in [0.5, 0.6) is 0 Å². The van der Waals surface area contributed by atoms with E-state index in [1.807, 2.05) is 43.4 Å². The summed E-state index contributed by atoms with van der Waals surface area (Å²) in [7, 11) is 0. The molecule has 1 atom stereocenters. The average molecular weight is 809 g/mol. The van der Waals surface area contributed by atoms with Crippen LogP contribution < -0.4 is 22.1 Å². The van der Waals surface area contributed by atoms with Crippen LogP contribution in [0, 0.1) is 5.41 Å². The summed E-state index contributed by atoms with van der Waals surface area (Å²) in [5.41, 5.74) is 25.5. The Hall–Kier alpha value is -7.83. The summed E-state index contributed by atoms with van der Waals surface area (Å²) in [6.07, 6.45) is 30.0. The predicted molar refractivity (Wildman–Crippen MR) is 267 cm³/mol. The van der Waals surface area contributed by atoms with Gasteiger partial charge in [0.05, 0.1) is 22.8 Å². The van der Waals surface area contributed by atoms with E-state index in [0.29, 0.717) is 5.70 Å². The van der Waals surface area contributed by atoms with Gasteiger partial charge in [-0.1, -0.05) is 128 Å². The summed E-state index contributed by atoms with van der Waals surface area (Å²) in [6, 6.07) is 33.1. The van der Waals surface area contributed by atoms with Crippen molar-refractivity contribution in [1.29, 1.82) is 5.41 Å². The second kappa shape index (κ2) is 18.2. The first-order valence-corrected chi connectivity index (χ1v) is 21.0. The van der Waals surface area contributed by atoms with Crippen molar-refractivity contribution in [3.05, 3.63) is 234 Å². The van der Waals surface area contributed by atoms with Crippen molar-refractivity contribution in [2.75, 3.05) is 6.54 Å². The summed E-state index contributed by atoms with van der Waals surface area (Å²) in [5, 5.41) is 21.5. The van der Waals surface area contributed by atoms with Gasteiger partial charge in [0.15, 0.2) is 0 Å². The largest absolute Gasteiger partial charge is 0.405 e. The Balaban J connectivity index is 1.35. The summed E-state index contributed by atoms with van der Waals surface area (Å²) in [6.45, 7) is 13.5. The smallest absolute Gasteiger partial charge is 0.0701 e. The monoisotopic (exact) mass is 808 g/mol. The van der Waals surface area contributed by atoms with Crippen LogP contribution in [0.2, 0.25) is 0 Å². The lowest BCUT2D eigenvalue weighted by Crippen LogP contribution is -2.31. The zero-order valence-corrected chi connectivity index (χ0v) is 35.3. The molecule has 2 aliphatic heterocycles. The fourth-order valence-electron chi connectivity index (χ4n) is 8.34. The number of dihydropyridines is 2. The molecule has 62 heavy (non-hydrogen) atoms. The van der Waals surface area contributed by atoms with Crippen molar-refractivity contribution in [2.45, 2.75) is 26.3 Å². The third kappa shape index (κ3) is 8.32. The van der Waals surface area contributed by atoms with Gasteiger partial charge in [-0.2, -0.15) is 0 Å². The molecule has 6 aromatic rings. The van der Waals surface area contributed by atoms with E-state index in [9.17, 15) is 0 Å². The maximum absolute atomic E-state index is 7.56. The predicted octanol–water partition coefficient (Wildman–Crippen LogP) is 12.3. The minimum absolute atomic E-state index is 0.179. The highest BCUT2D eigenvalue weighted by Crippen LogP contribution is 2.41. The number of nitrogens with one attached hydrogen (secondary N) is 3. The van der Waals surface area contributed by atoms with Gasteiger partial charge in [0.25, 0.3) is 0 Å². The molecule has 0 aliphatic carbocycles. The molecule has 0 amide bonds. The normalized spacial score (nSPS) is 16.3. The van der Waals surface area contributed by atoms with Gasteiger partial charge in [0, 0.05) is 51.9 Å². The SMILES string of the molecule is C=C(/C=C\C)/C(N)=C/C(=C\CC1=CNCC=C1)c1ccc2c(ccc3c4ccc(C5=CC(C(=C)/C=C\C=N)NC(/C(C)=C/C=C\N)=C5)cc4n(-c4cccc5ccccc45)c23)c1. The third-order valence-electron chi connectivity index (χ3n) is 11.5. The van der Waals surface area contributed by atoms with Crippen LogP contribution in [0.3, 0.4) is 0 Å². The first kappa shape index (κ1) is 40.9. The number of benzene rings is 5. The molecule has 6 heteroatoms. The zero-order valence-electron chi connectivity index (χ0n) is 35.3. The second-order valence-corrected chi connectivity index (χ2v) is 15.6. The highest BCUT2D eigenvalue weighted by molar-refractivity contribution is 6.20. The summed E-state index contributed by atoms with van der Waals surface area (Å²) < 4.78 is 2.45. The third-order valence-corrected chi connectivity index (χ3v) is 11.5. The number of nitrogens with two attached hydrogens (primary N) is 2. The number of allylic oxidation sites excluding steroid dienone is 13. The van der Waals surface area contributed by atoms with Crippen LogP contribution in [0.4, 0.5) is 0 Å². The zero-order chi connectivity index (χ0) is 43.2. The lowest BCUT2D eigenvalue weighted by molar-refractivity contribution is 0.764. The van der Waals surface area contributed by atoms with Crippen molar-refractivity contribution in [3.8, 4) is 5.69 Å². The lowest BCUT2D eigenvalue weighted by atomic mass is 9.93. The van der Waals surface area contributed by atoms with Crippen molar-refractivity contribution in [2.24, 2.45) is 11.5 Å². The van der Waals surface area contributed by atoms with Gasteiger partial charge in [-0.25, -0.2) is 0 Å². The molecular formula is C56H52N6. The number of hydrogen-bond acceptors (Lipinski definition) is 5. The molecular weight excluding hydrogens is 757 g/mol. The van der Waals surface area contributed by atoms with Crippen LogP contribution in [0.1, 0.15) is 31.4 Å². The fourth-order valence-corrected chi connectivity index (χ4v) is 8.34. The highest BCUT2D eigenvalue weighted by atomic mass is 15.0. The van der Waals surface area contributed by atoms with E-state index in [1.54, 1.807) is 6.08 Å². The summed E-state index contributed by atoms with van der Waals surface area (Å²) >= 11 is 0. The molecule has 0 saturated heterocycles. The minimum atomic E-state index is -0.179. The molecule has 1 aromatic heterocycles. The van der Waals surface area contributed by atoms with Gasteiger partial charge < -0.3 is 32.1 Å². The maximum Gasteiger partial charge on any atom is 0.0701 e. The average Bonchev–Trinajstić information content (AvgIpc) is 3.64. The van der Waals surface area contributed by atoms with Gasteiger partial charge in [0.1, 0.15) is 0 Å². The number of fused-ring (bicyclic) bond motifs is 6. The van der Waals surface area contributed by atoms with E-state index in [0.717, 1.165) is 85.1 Å². The lowest BCUT2D eigenvalue weighted by Gasteiger charge is -2.26. The molecule has 0 saturated carbocycles. The van der Waals surface area contributed by atoms with Crippen molar-refractivity contribution in [1.82, 2.24) is 15.2 Å². The van der Waals surface area contributed by atoms with E-state index in [2.05, 4.69) is 163 Å². The molecule has 7 N–H and O–H groups in total. The van der Waals surface area contributed by atoms with E-state index < -0.39 is 0 Å². The Morgan fingerprint density at radius 2 is 1.73 bits per heavy atom. The van der Waals surface area contributed by atoms with Gasteiger partial charge in [-0.3, -0.25) is 0 Å². The molecule has 6 nitrogen and oxygen atoms in total. The van der Waals surface area contributed by atoms with Gasteiger partial charge in [0.2, 0.25) is 0 Å². The van der Waals surface area contributed by atoms with Crippen LogP contribution in [0.15, 0.2) is 223 Å². The second-order valence-electron chi connectivity index (χ2n) is 15.6. The van der Waals surface area contributed by atoms with Crippen molar-refractivity contribution >= 4 is 60.7 Å². The molecule has 0 radical (unpaired) electrons. The molecule has 5 aromatic carbocycles. The molecule has 0 spiro atoms. The molecule has 2 aliphatic rings. The minimum Gasteiger partial charge on any atom is -0.405 e. The highest BCUT2D eigenvalue weighted by Gasteiger charge is 2.21. The standard InChI is InChI=1S/C56H52N6/c1-5-12-37(2)51(59)32-43(21-20-40-15-11-30-60-36-40)42-22-25-48-45(31-42)24-27-50-49-26-23-44(35-55(49)62(56(48)50)54-19-8-17-41-16-6-7-18-47(41)54)46-33-52(38(3)13-9-28-57)61-53(34-46)39(4)14-10-29-58/h5-19,21-29,31-36,52,57,60-61H,2-3,20,30,58-59H2,1,4H3/b12-5-,13-9-,29-10-,39-14+,43-21+,51-32-,57-28?. The number of aromatic nitrogens is 1. The topological polar surface area (TPSA) is 105 Å². The first-order chi connectivity index (χ1) is 30.3. The summed E-state index contributed by atoms with van der Waals surface area (Å²) in [5.74, 6) is 0. The Kier molecular flexibility index (Phi) is 12.0. The molecule has 3 heterocycles. The Morgan fingerprint density at radius 1 is 0.903 bits per heavy atom. The van der Waals surface area contributed by atoms with Crippen molar-refractivity contribution in [3.63, 3.8) is 0 Å². The van der Waals surface area contributed by atoms with E-state index in [4.69, 9.17) is 16.9 Å². The van der Waals surface area contributed by atoms with Gasteiger partial charge in [-0.15, -0.1) is 0 Å². The molecule has 8 rings (SSSR count). The van der Waals surface area contributed by atoms with Crippen LogP contribution in [-0.4, -0.2) is 23.4 Å². The van der Waals surface area contributed by atoms with Gasteiger partial charge >= 0.3 is 0 Å². The fraction of sp³-hybridized carbons (Fsp3) is 0.0893. The number of hydrogen-bond donors (Lipinski definition) is 5. The number of nitrogens with zero attached hydrogens (tertiary/aromatic N) is 1. The number of rotatable bonds is 13. The molecule has 0 bridgehead atoms. The molecule has 306 valence electrons. The Bertz CT molecular complexity index is 3100. The Morgan fingerprint density at radius 3 is 2.53 bits per heavy atom. The van der Waals surface area contributed by atoms with E-state index >= 15 is 0 Å². The molecule has 0 fully saturated rings. The Labute approximate surface area is 364 Å². The quantitative estimate of drug-likeness (QED) is 0.0592.